The minimum absolute atomic E-state index is 0.381. The van der Waals surface area contributed by atoms with E-state index >= 15 is 0 Å². The highest BCUT2D eigenvalue weighted by Gasteiger charge is 2.22. The number of halogens is 2. The van der Waals surface area contributed by atoms with Gasteiger partial charge in [0.05, 0.1) is 0 Å². The summed E-state index contributed by atoms with van der Waals surface area (Å²) >= 11 is 10.8. The summed E-state index contributed by atoms with van der Waals surface area (Å²) in [4.78, 5) is 10.8. The Morgan fingerprint density at radius 1 is 1.33 bits per heavy atom. The second kappa shape index (κ2) is 5.95. The Balaban J connectivity index is 2.51. The molecule has 0 fully saturated rings. The summed E-state index contributed by atoms with van der Waals surface area (Å²) in [6, 6.07) is 8.73. The first-order valence-electron chi connectivity index (χ1n) is 4.49. The fraction of sp³-hybridized carbons (Fsp3) is 0.300. The Morgan fingerprint density at radius 2 is 1.93 bits per heavy atom. The van der Waals surface area contributed by atoms with Gasteiger partial charge in [0.15, 0.2) is 0 Å². The number of carboxylic acids is 1. The van der Waals surface area contributed by atoms with Crippen molar-refractivity contribution in [3.63, 3.8) is 0 Å². The number of aryl methyl sites for hydroxylation is 1. The van der Waals surface area contributed by atoms with Crippen LogP contribution >= 0.6 is 23.6 Å². The average molecular weight is 248 g/mol. The van der Waals surface area contributed by atoms with Gasteiger partial charge in [0, 0.05) is 0 Å². The summed E-state index contributed by atoms with van der Waals surface area (Å²) in [5.41, 5.74) is 1.07. The van der Waals surface area contributed by atoms with Crippen molar-refractivity contribution in [3.05, 3.63) is 35.9 Å². The quantitative estimate of drug-likeness (QED) is 0.814. The summed E-state index contributed by atoms with van der Waals surface area (Å²) in [7, 11) is 0. The third-order valence-electron chi connectivity index (χ3n) is 2.07. The Morgan fingerprint density at radius 3 is 2.40 bits per heavy atom. The molecule has 1 N–H and O–H groups in total. The van der Waals surface area contributed by atoms with Crippen molar-refractivity contribution in [1.29, 1.82) is 0 Å². The molecule has 0 aliphatic carbocycles. The third-order valence-corrected chi connectivity index (χ3v) is 2.54. The molecule has 0 saturated carbocycles. The molecule has 1 aromatic rings. The second-order valence-electron chi connectivity index (χ2n) is 3.14. The van der Waals surface area contributed by atoms with E-state index in [4.69, 9.17) is 28.7 Å². The fourth-order valence-electron chi connectivity index (χ4n) is 1.25. The first kappa shape index (κ1) is 12.3. The van der Waals surface area contributed by atoms with Gasteiger partial charge in [-0.05, 0) is 42.0 Å². The highest BCUT2D eigenvalue weighted by atomic mass is 35.5. The zero-order valence-electron chi connectivity index (χ0n) is 7.94. The standard InChI is InChI=1S/C10H11Cl2NO2/c11-13(12)9(10(14)15)7-6-8-4-2-1-3-5-8/h1-5,9H,6-7H2,(H,14,15). The molecule has 1 atom stereocenters. The molecule has 0 aliphatic rings. The average Bonchev–Trinajstić information content (AvgIpc) is 2.18. The smallest absolute Gasteiger partial charge is 0.323 e. The summed E-state index contributed by atoms with van der Waals surface area (Å²) in [6.45, 7) is 0. The molecule has 0 amide bonds. The SMILES string of the molecule is O=C(O)C(CCc1ccccc1)N(Cl)Cl. The molecule has 0 saturated heterocycles. The van der Waals surface area contributed by atoms with Crippen LogP contribution < -0.4 is 0 Å². The molecule has 15 heavy (non-hydrogen) atoms. The lowest BCUT2D eigenvalue weighted by atomic mass is 10.1. The van der Waals surface area contributed by atoms with Crippen LogP contribution in [-0.4, -0.2) is 21.1 Å². The predicted molar refractivity (Wildman–Crippen MR) is 59.7 cm³/mol. The Labute approximate surface area is 98.4 Å². The lowest BCUT2D eigenvalue weighted by molar-refractivity contribution is -0.140. The van der Waals surface area contributed by atoms with Crippen molar-refractivity contribution in [2.45, 2.75) is 18.9 Å². The van der Waals surface area contributed by atoms with Gasteiger partial charge < -0.3 is 5.11 Å². The zero-order chi connectivity index (χ0) is 11.3. The van der Waals surface area contributed by atoms with E-state index in [2.05, 4.69) is 0 Å². The molecule has 0 spiro atoms. The first-order valence-corrected chi connectivity index (χ1v) is 5.16. The molecular formula is C10H11Cl2NO2. The number of carbonyl (C=O) groups is 1. The van der Waals surface area contributed by atoms with E-state index in [9.17, 15) is 4.79 Å². The van der Waals surface area contributed by atoms with Crippen LogP contribution in [0.1, 0.15) is 12.0 Å². The summed E-state index contributed by atoms with van der Waals surface area (Å²) in [6.07, 6.45) is 1.01. The van der Waals surface area contributed by atoms with Crippen molar-refractivity contribution in [3.8, 4) is 0 Å². The van der Waals surface area contributed by atoms with Crippen molar-refractivity contribution in [2.75, 3.05) is 0 Å². The van der Waals surface area contributed by atoms with Crippen LogP contribution in [-0.2, 0) is 11.2 Å². The largest absolute Gasteiger partial charge is 0.480 e. The molecular weight excluding hydrogens is 237 g/mol. The molecule has 0 radical (unpaired) electrons. The molecule has 1 unspecified atom stereocenters. The Kier molecular flexibility index (Phi) is 4.88. The Bertz CT molecular complexity index is 316. The van der Waals surface area contributed by atoms with Gasteiger partial charge >= 0.3 is 5.97 Å². The third kappa shape index (κ3) is 4.08. The topological polar surface area (TPSA) is 40.5 Å². The lowest BCUT2D eigenvalue weighted by Gasteiger charge is -2.14. The molecule has 0 aliphatic heterocycles. The minimum atomic E-state index is -1.02. The van der Waals surface area contributed by atoms with E-state index in [-0.39, 0.29) is 0 Å². The van der Waals surface area contributed by atoms with Crippen molar-refractivity contribution in [2.24, 2.45) is 0 Å². The molecule has 0 heterocycles. The molecule has 5 heteroatoms. The maximum Gasteiger partial charge on any atom is 0.323 e. The van der Waals surface area contributed by atoms with Gasteiger partial charge in [-0.15, -0.1) is 3.94 Å². The van der Waals surface area contributed by atoms with Crippen LogP contribution in [0.15, 0.2) is 30.3 Å². The van der Waals surface area contributed by atoms with Gasteiger partial charge in [-0.2, -0.15) is 0 Å². The highest BCUT2D eigenvalue weighted by Crippen LogP contribution is 2.14. The Hall–Kier alpha value is -0.770. The van der Waals surface area contributed by atoms with Crippen LogP contribution in [0.4, 0.5) is 0 Å². The van der Waals surface area contributed by atoms with Crippen LogP contribution in [0.25, 0.3) is 0 Å². The monoisotopic (exact) mass is 247 g/mol. The molecule has 1 aromatic carbocycles. The van der Waals surface area contributed by atoms with Gasteiger partial charge in [-0.25, -0.2) is 0 Å². The van der Waals surface area contributed by atoms with E-state index in [1.165, 1.54) is 0 Å². The number of rotatable bonds is 5. The van der Waals surface area contributed by atoms with Crippen molar-refractivity contribution < 1.29 is 9.90 Å². The van der Waals surface area contributed by atoms with Crippen LogP contribution in [0, 0.1) is 0 Å². The summed E-state index contributed by atoms with van der Waals surface area (Å²) < 4.78 is 0.686. The second-order valence-corrected chi connectivity index (χ2v) is 4.04. The number of hydrogen-bond donors (Lipinski definition) is 1. The van der Waals surface area contributed by atoms with Crippen LogP contribution in [0.5, 0.6) is 0 Å². The van der Waals surface area contributed by atoms with Gasteiger partial charge in [0.1, 0.15) is 6.04 Å². The number of carboxylic acid groups (broad SMARTS) is 1. The van der Waals surface area contributed by atoms with Crippen LogP contribution in [0.2, 0.25) is 0 Å². The molecule has 0 aromatic heterocycles. The van der Waals surface area contributed by atoms with Gasteiger partial charge in [0.25, 0.3) is 0 Å². The predicted octanol–water partition coefficient (Wildman–Crippen LogP) is 2.68. The molecule has 0 bridgehead atoms. The zero-order valence-corrected chi connectivity index (χ0v) is 9.45. The van der Waals surface area contributed by atoms with Crippen molar-refractivity contribution in [1.82, 2.24) is 3.94 Å². The summed E-state index contributed by atoms with van der Waals surface area (Å²) in [5, 5.41) is 8.81. The first-order chi connectivity index (χ1) is 7.11. The molecule has 82 valence electrons. The number of hydrogen-bond acceptors (Lipinski definition) is 2. The van der Waals surface area contributed by atoms with E-state index in [1.54, 1.807) is 0 Å². The normalized spacial score (nSPS) is 12.7. The number of aliphatic carboxylic acids is 1. The molecule has 1 rings (SSSR count). The van der Waals surface area contributed by atoms with Crippen LogP contribution in [0.3, 0.4) is 0 Å². The lowest BCUT2D eigenvalue weighted by Crippen LogP contribution is -2.29. The summed E-state index contributed by atoms with van der Waals surface area (Å²) in [5.74, 6) is -1.02. The van der Waals surface area contributed by atoms with E-state index in [1.807, 2.05) is 30.3 Å². The minimum Gasteiger partial charge on any atom is -0.480 e. The van der Waals surface area contributed by atoms with Crippen molar-refractivity contribution >= 4 is 29.5 Å². The maximum absolute atomic E-state index is 10.8. The fourth-order valence-corrected chi connectivity index (χ4v) is 1.61. The maximum atomic E-state index is 10.8. The number of benzene rings is 1. The number of nitrogens with zero attached hydrogens (tertiary/aromatic N) is 1. The highest BCUT2D eigenvalue weighted by molar-refractivity contribution is 6.34. The van der Waals surface area contributed by atoms with E-state index < -0.39 is 12.0 Å². The van der Waals surface area contributed by atoms with Gasteiger partial charge in [-0.1, -0.05) is 30.3 Å². The van der Waals surface area contributed by atoms with E-state index in [0.29, 0.717) is 16.8 Å². The van der Waals surface area contributed by atoms with E-state index in [0.717, 1.165) is 5.56 Å². The van der Waals surface area contributed by atoms with Gasteiger partial charge in [0.2, 0.25) is 0 Å². The van der Waals surface area contributed by atoms with Gasteiger partial charge in [-0.3, -0.25) is 4.79 Å². The molecule has 3 nitrogen and oxygen atoms in total.